The molecule has 0 unspecified atom stereocenters. The Morgan fingerprint density at radius 1 is 1.07 bits per heavy atom. The molecule has 46 heavy (non-hydrogen) atoms. The maximum atomic E-state index is 13.5. The first kappa shape index (κ1) is 34.6. The Bertz CT molecular complexity index is 1560. The molecule has 2 N–H and O–H groups in total. The number of carbonyl (C=O) groups is 2. The van der Waals surface area contributed by atoms with Gasteiger partial charge in [0.1, 0.15) is 0 Å². The number of carbonyl (C=O) groups excluding carboxylic acids is 1. The molecule has 1 aliphatic rings. The number of aromatic nitrogens is 3. The van der Waals surface area contributed by atoms with Gasteiger partial charge in [-0.3, -0.25) is 9.69 Å². The van der Waals surface area contributed by atoms with Crippen molar-refractivity contribution in [3.8, 4) is 5.88 Å². The summed E-state index contributed by atoms with van der Waals surface area (Å²) in [6, 6.07) is 3.49. The number of carboxylic acids is 1. The van der Waals surface area contributed by atoms with E-state index in [4.69, 9.17) is 9.47 Å². The molecule has 0 fully saturated rings. The number of nitrogens with zero attached hydrogens (tertiary/aromatic N) is 4. The molecule has 0 saturated heterocycles. The van der Waals surface area contributed by atoms with Crippen LogP contribution < -0.4 is 15.0 Å². The fourth-order valence-corrected chi connectivity index (χ4v) is 5.65. The lowest BCUT2D eigenvalue weighted by Crippen LogP contribution is -2.46. The average Bonchev–Trinajstić information content (AvgIpc) is 2.99. The topological polar surface area (TPSA) is 127 Å². The molecule has 2 atom stereocenters. The number of amides is 1. The van der Waals surface area contributed by atoms with Crippen LogP contribution in [0.25, 0.3) is 0 Å². The molecule has 3 heterocycles. The summed E-state index contributed by atoms with van der Waals surface area (Å²) in [5, 5.41) is 12.3. The molecule has 0 aliphatic carbocycles. The first-order chi connectivity index (χ1) is 21.6. The Balaban J connectivity index is 1.76. The van der Waals surface area contributed by atoms with Crippen molar-refractivity contribution in [2.45, 2.75) is 62.4 Å². The number of ether oxygens (including phenoxy) is 2. The van der Waals surface area contributed by atoms with E-state index in [1.165, 1.54) is 18.2 Å². The van der Waals surface area contributed by atoms with Gasteiger partial charge < -0.3 is 19.9 Å². The van der Waals surface area contributed by atoms with Gasteiger partial charge in [0.25, 0.3) is 0 Å². The highest BCUT2D eigenvalue weighted by Gasteiger charge is 2.39. The van der Waals surface area contributed by atoms with E-state index in [2.05, 4.69) is 20.3 Å². The zero-order valence-electron chi connectivity index (χ0n) is 24.7. The second kappa shape index (κ2) is 14.0. The van der Waals surface area contributed by atoms with Crippen molar-refractivity contribution in [3.05, 3.63) is 64.6 Å². The van der Waals surface area contributed by atoms with Gasteiger partial charge in [0.15, 0.2) is 0 Å². The van der Waals surface area contributed by atoms with Gasteiger partial charge in [0.2, 0.25) is 11.8 Å². The van der Waals surface area contributed by atoms with Gasteiger partial charge >= 0.3 is 24.4 Å². The standard InChI is InChI=1S/C29H29F6N5O5S/c1-4-18-12-20(25-21(6-7-23(39-25)44-3)40(18)27(43)45-5-2)38-26-36-13-22(46-14-24(41)42)19(37-26)10-15-8-16(28(30,31)32)11-17(9-15)29(33,34)35/h6-9,11,13,18,20H,4-5,10,12,14H2,1-3H3,(H,41,42)(H,36,37,38)/t18-,20+/m1/s1. The molecule has 0 saturated carbocycles. The molecule has 248 valence electrons. The van der Waals surface area contributed by atoms with Crippen molar-refractivity contribution in [2.75, 3.05) is 29.7 Å². The molecule has 1 aliphatic heterocycles. The lowest BCUT2D eigenvalue weighted by molar-refractivity contribution is -0.143. The number of anilines is 2. The van der Waals surface area contributed by atoms with Gasteiger partial charge in [-0.15, -0.1) is 11.8 Å². The third-order valence-corrected chi connectivity index (χ3v) is 8.03. The van der Waals surface area contributed by atoms with Crippen LogP contribution in [-0.4, -0.2) is 57.6 Å². The molecular weight excluding hydrogens is 644 g/mol. The Kier molecular flexibility index (Phi) is 10.5. The van der Waals surface area contributed by atoms with Crippen molar-refractivity contribution >= 4 is 35.5 Å². The summed E-state index contributed by atoms with van der Waals surface area (Å²) >= 11 is 0.771. The molecule has 1 amide bonds. The molecule has 4 rings (SSSR count). The summed E-state index contributed by atoms with van der Waals surface area (Å²) in [5.41, 5.74) is -2.48. The molecule has 0 bridgehead atoms. The SMILES string of the molecule is CCOC(=O)N1c2ccc(OC)nc2[C@@H](Nc2ncc(SCC(=O)O)c(Cc3cc(C(F)(F)F)cc(C(F)(F)F)c3)n2)C[C@H]1CC. The number of hydrogen-bond acceptors (Lipinski definition) is 9. The number of rotatable bonds is 10. The zero-order chi connectivity index (χ0) is 33.8. The van der Waals surface area contributed by atoms with E-state index in [0.29, 0.717) is 36.4 Å². The van der Waals surface area contributed by atoms with Gasteiger partial charge in [-0.05, 0) is 49.6 Å². The van der Waals surface area contributed by atoms with Gasteiger partial charge in [-0.1, -0.05) is 6.92 Å². The Hall–Kier alpha value is -4.28. The minimum Gasteiger partial charge on any atom is -0.481 e. The number of alkyl halides is 6. The Labute approximate surface area is 263 Å². The third kappa shape index (κ3) is 8.10. The predicted molar refractivity (Wildman–Crippen MR) is 155 cm³/mol. The molecule has 0 radical (unpaired) electrons. The lowest BCUT2D eigenvalue weighted by atomic mass is 9.93. The summed E-state index contributed by atoms with van der Waals surface area (Å²) in [7, 11) is 1.42. The van der Waals surface area contributed by atoms with Crippen LogP contribution in [0.15, 0.2) is 41.4 Å². The van der Waals surface area contributed by atoms with Crippen LogP contribution in [0.4, 0.5) is 42.8 Å². The second-order valence-corrected chi connectivity index (χ2v) is 11.1. The van der Waals surface area contributed by atoms with Crippen molar-refractivity contribution in [2.24, 2.45) is 0 Å². The lowest BCUT2D eigenvalue weighted by Gasteiger charge is -2.39. The molecule has 3 aromatic rings. The average molecular weight is 674 g/mol. The molecule has 10 nitrogen and oxygen atoms in total. The highest BCUT2D eigenvalue weighted by molar-refractivity contribution is 8.00. The van der Waals surface area contributed by atoms with E-state index in [9.17, 15) is 41.0 Å². The minimum absolute atomic E-state index is 0.00558. The van der Waals surface area contributed by atoms with E-state index in [1.807, 2.05) is 6.92 Å². The summed E-state index contributed by atoms with van der Waals surface area (Å²) in [5.74, 6) is -1.46. The van der Waals surface area contributed by atoms with Crippen LogP contribution in [0, 0.1) is 0 Å². The second-order valence-electron chi connectivity index (χ2n) is 10.1. The summed E-state index contributed by atoms with van der Waals surface area (Å²) in [6.45, 7) is 3.70. The normalized spacial score (nSPS) is 16.5. The van der Waals surface area contributed by atoms with Crippen molar-refractivity contribution in [1.82, 2.24) is 15.0 Å². The number of carboxylic acid groups (broad SMARTS) is 1. The highest BCUT2D eigenvalue weighted by Crippen LogP contribution is 2.41. The minimum atomic E-state index is -5.05. The van der Waals surface area contributed by atoms with E-state index >= 15 is 0 Å². The summed E-state index contributed by atoms with van der Waals surface area (Å²) in [6.07, 6.45) is -9.08. The van der Waals surface area contributed by atoms with Crippen molar-refractivity contribution in [3.63, 3.8) is 0 Å². The fourth-order valence-electron chi connectivity index (χ4n) is 4.96. The first-order valence-electron chi connectivity index (χ1n) is 13.9. The Morgan fingerprint density at radius 3 is 2.30 bits per heavy atom. The van der Waals surface area contributed by atoms with Crippen LogP contribution in [0.5, 0.6) is 5.88 Å². The van der Waals surface area contributed by atoms with Gasteiger partial charge in [-0.2, -0.15) is 26.3 Å². The van der Waals surface area contributed by atoms with E-state index in [-0.39, 0.29) is 46.7 Å². The van der Waals surface area contributed by atoms with E-state index < -0.39 is 53.8 Å². The van der Waals surface area contributed by atoms with Gasteiger partial charge in [0.05, 0.1) is 53.7 Å². The molecule has 17 heteroatoms. The number of hydrogen-bond donors (Lipinski definition) is 2. The number of halogens is 6. The largest absolute Gasteiger partial charge is 0.481 e. The van der Waals surface area contributed by atoms with Gasteiger partial charge in [0, 0.05) is 29.6 Å². The maximum Gasteiger partial charge on any atom is 0.416 e. The maximum absolute atomic E-state index is 13.5. The van der Waals surface area contributed by atoms with Crippen LogP contribution >= 0.6 is 11.8 Å². The first-order valence-corrected chi connectivity index (χ1v) is 14.9. The van der Waals surface area contributed by atoms with Gasteiger partial charge in [-0.25, -0.2) is 19.7 Å². The zero-order valence-corrected chi connectivity index (χ0v) is 25.5. The number of pyridine rings is 1. The molecule has 0 spiro atoms. The van der Waals surface area contributed by atoms with Crippen LogP contribution in [0.3, 0.4) is 0 Å². The number of aliphatic carboxylic acids is 1. The number of methoxy groups -OCH3 is 1. The number of fused-ring (bicyclic) bond motifs is 1. The molecular formula is C29H29F6N5O5S. The van der Waals surface area contributed by atoms with Crippen LogP contribution in [-0.2, 0) is 28.3 Å². The van der Waals surface area contributed by atoms with Crippen LogP contribution in [0.1, 0.15) is 60.8 Å². The van der Waals surface area contributed by atoms with Crippen molar-refractivity contribution in [1.29, 1.82) is 0 Å². The molecule has 2 aromatic heterocycles. The summed E-state index contributed by atoms with van der Waals surface area (Å²) < 4.78 is 91.7. The molecule has 1 aromatic carbocycles. The predicted octanol–water partition coefficient (Wildman–Crippen LogP) is 6.98. The monoisotopic (exact) mass is 673 g/mol. The number of benzene rings is 1. The highest BCUT2D eigenvalue weighted by atomic mass is 32.2. The smallest absolute Gasteiger partial charge is 0.416 e. The number of thioether (sulfide) groups is 1. The van der Waals surface area contributed by atoms with E-state index in [0.717, 1.165) is 11.8 Å². The fraction of sp³-hybridized carbons (Fsp3) is 0.414. The third-order valence-electron chi connectivity index (χ3n) is 6.99. The van der Waals surface area contributed by atoms with Crippen molar-refractivity contribution < 1.29 is 50.5 Å². The number of nitrogens with one attached hydrogen (secondary N) is 1. The van der Waals surface area contributed by atoms with Crippen LogP contribution in [0.2, 0.25) is 0 Å². The summed E-state index contributed by atoms with van der Waals surface area (Å²) in [4.78, 5) is 39.0. The quantitative estimate of drug-likeness (QED) is 0.172. The van der Waals surface area contributed by atoms with E-state index in [1.54, 1.807) is 19.1 Å². The Morgan fingerprint density at radius 2 is 1.74 bits per heavy atom.